The van der Waals surface area contributed by atoms with E-state index in [0.29, 0.717) is 0 Å². The third-order valence-corrected chi connectivity index (χ3v) is 6.18. The Morgan fingerprint density at radius 2 is 1.28 bits per heavy atom. The van der Waals surface area contributed by atoms with Crippen LogP contribution < -0.4 is 0 Å². The van der Waals surface area contributed by atoms with Crippen molar-refractivity contribution >= 4 is 59.8 Å². The van der Waals surface area contributed by atoms with Crippen LogP contribution >= 0.6 is 0 Å². The number of fused-ring (bicyclic) bond motifs is 12. The van der Waals surface area contributed by atoms with E-state index in [4.69, 9.17) is 4.98 Å². The van der Waals surface area contributed by atoms with Gasteiger partial charge >= 0.3 is 0 Å². The van der Waals surface area contributed by atoms with Crippen LogP contribution in [0.2, 0.25) is 0 Å². The Morgan fingerprint density at radius 3 is 2.17 bits per heavy atom. The first kappa shape index (κ1) is 15.1. The van der Waals surface area contributed by atoms with Gasteiger partial charge < -0.3 is 4.40 Å². The first-order valence-electron chi connectivity index (χ1n) is 9.91. The molecule has 0 N–H and O–H groups in total. The number of rotatable bonds is 0. The molecule has 134 valence electrons. The number of hydrogen-bond donors (Lipinski definition) is 0. The van der Waals surface area contributed by atoms with E-state index in [1.807, 2.05) is 12.3 Å². The molecule has 0 unspecified atom stereocenters. The largest absolute Gasteiger partial charge is 0.307 e. The van der Waals surface area contributed by atoms with Gasteiger partial charge in [0.2, 0.25) is 0 Å². The van der Waals surface area contributed by atoms with Gasteiger partial charge in [0.05, 0.1) is 22.1 Å². The lowest BCUT2D eigenvalue weighted by Crippen LogP contribution is -1.93. The minimum absolute atomic E-state index is 1.05. The molecule has 0 bridgehead atoms. The van der Waals surface area contributed by atoms with Crippen LogP contribution in [0.4, 0.5) is 0 Å². The van der Waals surface area contributed by atoms with Crippen LogP contribution in [0.1, 0.15) is 0 Å². The number of aromatic nitrogens is 2. The molecule has 0 fully saturated rings. The van der Waals surface area contributed by atoms with E-state index in [1.165, 1.54) is 48.7 Å². The van der Waals surface area contributed by atoms with Crippen LogP contribution in [-0.2, 0) is 0 Å². The fraction of sp³-hybridized carbons (Fsp3) is 0. The molecule has 0 spiro atoms. The smallest absolute Gasteiger partial charge is 0.0955 e. The standard InChI is InChI=1S/C27H16N2/c1-3-8-19-17(6-1)12-14-23-22(19)16-25-21-13-11-18-7-2-4-9-20(18)26(21)27-24(29(23)25)10-5-15-28-27/h1-16H. The molecule has 4 aromatic carbocycles. The molecule has 3 aromatic heterocycles. The van der Waals surface area contributed by atoms with Gasteiger partial charge in [-0.15, -0.1) is 0 Å². The Morgan fingerprint density at radius 1 is 0.517 bits per heavy atom. The van der Waals surface area contributed by atoms with Crippen LogP contribution in [0, 0.1) is 0 Å². The Bertz CT molecular complexity index is 1760. The second kappa shape index (κ2) is 5.33. The maximum Gasteiger partial charge on any atom is 0.0955 e. The molecule has 29 heavy (non-hydrogen) atoms. The summed E-state index contributed by atoms with van der Waals surface area (Å²) in [4.78, 5) is 4.84. The molecule has 7 rings (SSSR count). The van der Waals surface area contributed by atoms with Crippen molar-refractivity contribution in [2.24, 2.45) is 0 Å². The average molecular weight is 368 g/mol. The average Bonchev–Trinajstić information content (AvgIpc) is 3.19. The van der Waals surface area contributed by atoms with Crippen molar-refractivity contribution in [1.29, 1.82) is 0 Å². The maximum absolute atomic E-state index is 4.84. The minimum Gasteiger partial charge on any atom is -0.307 e. The summed E-state index contributed by atoms with van der Waals surface area (Å²) in [5.74, 6) is 0. The zero-order valence-corrected chi connectivity index (χ0v) is 15.6. The molecule has 0 amide bonds. The van der Waals surface area contributed by atoms with Gasteiger partial charge in [-0.05, 0) is 45.8 Å². The fourth-order valence-corrected chi connectivity index (χ4v) is 4.93. The first-order chi connectivity index (χ1) is 14.4. The molecule has 0 saturated carbocycles. The predicted octanol–water partition coefficient (Wildman–Crippen LogP) is 7.10. The van der Waals surface area contributed by atoms with E-state index >= 15 is 0 Å². The molecule has 0 aliphatic carbocycles. The second-order valence-corrected chi connectivity index (χ2v) is 7.66. The van der Waals surface area contributed by atoms with Gasteiger partial charge in [0.25, 0.3) is 0 Å². The van der Waals surface area contributed by atoms with Gasteiger partial charge in [-0.3, -0.25) is 4.98 Å². The lowest BCUT2D eigenvalue weighted by atomic mass is 10.0. The fourth-order valence-electron chi connectivity index (χ4n) is 4.93. The SMILES string of the molecule is c1ccc2c(c1)ccc1c2cc2c3ccc4ccccc4c3c3ncccc3n12. The lowest BCUT2D eigenvalue weighted by molar-refractivity contribution is 1.31. The van der Waals surface area contributed by atoms with Gasteiger partial charge in [-0.2, -0.15) is 0 Å². The molecule has 2 heteroatoms. The molecule has 0 saturated heterocycles. The summed E-state index contributed by atoms with van der Waals surface area (Å²) in [6, 6.07) is 32.7. The third-order valence-electron chi connectivity index (χ3n) is 6.18. The Balaban J connectivity index is 1.86. The molecule has 0 aliphatic rings. The highest BCUT2D eigenvalue weighted by atomic mass is 14.9. The quantitative estimate of drug-likeness (QED) is 0.261. The molecule has 0 atom stereocenters. The van der Waals surface area contributed by atoms with E-state index < -0.39 is 0 Å². The summed E-state index contributed by atoms with van der Waals surface area (Å²) in [5.41, 5.74) is 4.67. The number of nitrogens with zero attached hydrogens (tertiary/aromatic N) is 2. The van der Waals surface area contributed by atoms with E-state index in [0.717, 1.165) is 11.0 Å². The van der Waals surface area contributed by atoms with Gasteiger partial charge in [-0.25, -0.2) is 0 Å². The van der Waals surface area contributed by atoms with Crippen molar-refractivity contribution in [2.75, 3.05) is 0 Å². The molecule has 2 nitrogen and oxygen atoms in total. The normalized spacial score (nSPS) is 12.1. The van der Waals surface area contributed by atoms with Crippen molar-refractivity contribution in [1.82, 2.24) is 9.38 Å². The van der Waals surface area contributed by atoms with Crippen LogP contribution in [-0.4, -0.2) is 9.38 Å². The summed E-state index contributed by atoms with van der Waals surface area (Å²) >= 11 is 0. The first-order valence-corrected chi connectivity index (χ1v) is 9.91. The second-order valence-electron chi connectivity index (χ2n) is 7.66. The van der Waals surface area contributed by atoms with E-state index in [1.54, 1.807) is 0 Å². The highest BCUT2D eigenvalue weighted by Gasteiger charge is 2.15. The van der Waals surface area contributed by atoms with Gasteiger partial charge in [0, 0.05) is 22.4 Å². The molecule has 3 heterocycles. The van der Waals surface area contributed by atoms with Crippen molar-refractivity contribution in [3.05, 3.63) is 97.2 Å². The maximum atomic E-state index is 4.84. The molecule has 0 radical (unpaired) electrons. The number of pyridine rings is 2. The van der Waals surface area contributed by atoms with Crippen LogP contribution in [0.25, 0.3) is 59.8 Å². The molecular weight excluding hydrogens is 352 g/mol. The summed E-state index contributed by atoms with van der Waals surface area (Å²) < 4.78 is 2.38. The van der Waals surface area contributed by atoms with Crippen LogP contribution in [0.15, 0.2) is 97.2 Å². The summed E-state index contributed by atoms with van der Waals surface area (Å²) in [6.45, 7) is 0. The third kappa shape index (κ3) is 1.88. The Kier molecular flexibility index (Phi) is 2.77. The van der Waals surface area contributed by atoms with E-state index in [9.17, 15) is 0 Å². The highest BCUT2D eigenvalue weighted by Crippen LogP contribution is 2.38. The van der Waals surface area contributed by atoms with Crippen LogP contribution in [0.5, 0.6) is 0 Å². The van der Waals surface area contributed by atoms with Gasteiger partial charge in [-0.1, -0.05) is 66.7 Å². The van der Waals surface area contributed by atoms with Crippen molar-refractivity contribution in [3.8, 4) is 0 Å². The van der Waals surface area contributed by atoms with E-state index in [-0.39, 0.29) is 0 Å². The molecule has 0 aliphatic heterocycles. The number of benzene rings is 4. The monoisotopic (exact) mass is 368 g/mol. The molecule has 7 aromatic rings. The lowest BCUT2D eigenvalue weighted by Gasteiger charge is -2.11. The highest BCUT2D eigenvalue weighted by molar-refractivity contribution is 6.25. The summed E-state index contributed by atoms with van der Waals surface area (Å²) in [7, 11) is 0. The molecular formula is C27H16N2. The topological polar surface area (TPSA) is 17.3 Å². The van der Waals surface area contributed by atoms with Crippen molar-refractivity contribution in [2.45, 2.75) is 0 Å². The Hall–Kier alpha value is -3.91. The zero-order chi connectivity index (χ0) is 18.9. The van der Waals surface area contributed by atoms with Crippen molar-refractivity contribution < 1.29 is 0 Å². The zero-order valence-electron chi connectivity index (χ0n) is 15.6. The van der Waals surface area contributed by atoms with Crippen molar-refractivity contribution in [3.63, 3.8) is 0 Å². The summed E-state index contributed by atoms with van der Waals surface area (Å²) in [5, 5.41) is 8.83. The predicted molar refractivity (Wildman–Crippen MR) is 123 cm³/mol. The van der Waals surface area contributed by atoms with Crippen LogP contribution in [0.3, 0.4) is 0 Å². The minimum atomic E-state index is 1.05. The van der Waals surface area contributed by atoms with E-state index in [2.05, 4.69) is 89.3 Å². The number of hydrogen-bond acceptors (Lipinski definition) is 1. The summed E-state index contributed by atoms with van der Waals surface area (Å²) in [6.07, 6.45) is 1.90. The Labute approximate surface area is 166 Å². The van der Waals surface area contributed by atoms with Gasteiger partial charge in [0.15, 0.2) is 0 Å². The van der Waals surface area contributed by atoms with Gasteiger partial charge in [0.1, 0.15) is 0 Å².